The number of hydrazine groups is 1. The summed E-state index contributed by atoms with van der Waals surface area (Å²) in [5.41, 5.74) is 4.35. The SMILES string of the molecule is Cc1cc(Br)c2nc(Cl)nc(NN)c2c1. The summed E-state index contributed by atoms with van der Waals surface area (Å²) >= 11 is 9.20. The summed E-state index contributed by atoms with van der Waals surface area (Å²) in [6.07, 6.45) is 0. The lowest BCUT2D eigenvalue weighted by Gasteiger charge is -2.07. The third kappa shape index (κ3) is 1.90. The van der Waals surface area contributed by atoms with Crippen LogP contribution in [-0.4, -0.2) is 9.97 Å². The highest BCUT2D eigenvalue weighted by Gasteiger charge is 2.08. The van der Waals surface area contributed by atoms with Gasteiger partial charge in [0.05, 0.1) is 5.52 Å². The summed E-state index contributed by atoms with van der Waals surface area (Å²) in [5.74, 6) is 5.89. The van der Waals surface area contributed by atoms with Gasteiger partial charge in [0.1, 0.15) is 0 Å². The van der Waals surface area contributed by atoms with Gasteiger partial charge in [-0.15, -0.1) is 0 Å². The van der Waals surface area contributed by atoms with Gasteiger partial charge in [-0.1, -0.05) is 0 Å². The Labute approximate surface area is 99.9 Å². The van der Waals surface area contributed by atoms with E-state index in [4.69, 9.17) is 17.4 Å². The molecule has 4 nitrogen and oxygen atoms in total. The minimum absolute atomic E-state index is 0.167. The van der Waals surface area contributed by atoms with Gasteiger partial charge in [0.25, 0.3) is 0 Å². The first-order valence-corrected chi connectivity index (χ1v) is 5.39. The lowest BCUT2D eigenvalue weighted by Crippen LogP contribution is -2.09. The van der Waals surface area contributed by atoms with Crippen molar-refractivity contribution in [2.75, 3.05) is 5.43 Å². The van der Waals surface area contributed by atoms with Crippen LogP contribution in [0.2, 0.25) is 5.28 Å². The number of fused-ring (bicyclic) bond motifs is 1. The van der Waals surface area contributed by atoms with Crippen LogP contribution in [0, 0.1) is 6.92 Å². The van der Waals surface area contributed by atoms with E-state index in [0.717, 1.165) is 20.9 Å². The first kappa shape index (κ1) is 10.6. The molecule has 0 aliphatic heterocycles. The van der Waals surface area contributed by atoms with Crippen molar-refractivity contribution in [3.63, 3.8) is 0 Å². The maximum atomic E-state index is 5.78. The fourth-order valence-corrected chi connectivity index (χ4v) is 2.24. The molecule has 15 heavy (non-hydrogen) atoms. The number of aromatic nitrogens is 2. The normalized spacial score (nSPS) is 10.7. The molecule has 0 atom stereocenters. The fourth-order valence-electron chi connectivity index (χ4n) is 1.41. The number of halogens is 2. The van der Waals surface area contributed by atoms with Gasteiger partial charge < -0.3 is 5.43 Å². The van der Waals surface area contributed by atoms with Crippen LogP contribution < -0.4 is 11.3 Å². The predicted molar refractivity (Wildman–Crippen MR) is 64.8 cm³/mol. The van der Waals surface area contributed by atoms with E-state index in [1.165, 1.54) is 0 Å². The molecule has 0 unspecified atom stereocenters. The monoisotopic (exact) mass is 286 g/mol. The molecule has 0 fully saturated rings. The van der Waals surface area contributed by atoms with Crippen molar-refractivity contribution in [1.82, 2.24) is 9.97 Å². The lowest BCUT2D eigenvalue weighted by molar-refractivity contribution is 1.18. The maximum absolute atomic E-state index is 5.78. The van der Waals surface area contributed by atoms with Crippen molar-refractivity contribution in [3.05, 3.63) is 27.5 Å². The average Bonchev–Trinajstić information content (AvgIpc) is 2.18. The molecular weight excluding hydrogens is 279 g/mol. The zero-order valence-electron chi connectivity index (χ0n) is 7.88. The largest absolute Gasteiger partial charge is 0.308 e. The van der Waals surface area contributed by atoms with E-state index in [0.29, 0.717) is 5.82 Å². The van der Waals surface area contributed by atoms with Crippen molar-refractivity contribution in [1.29, 1.82) is 0 Å². The molecule has 0 saturated heterocycles. The van der Waals surface area contributed by atoms with Gasteiger partial charge >= 0.3 is 0 Å². The molecule has 0 amide bonds. The minimum atomic E-state index is 0.167. The molecule has 2 aromatic rings. The second-order valence-corrected chi connectivity index (χ2v) is 4.32. The fraction of sp³-hybridized carbons (Fsp3) is 0.111. The van der Waals surface area contributed by atoms with E-state index in [1.54, 1.807) is 0 Å². The smallest absolute Gasteiger partial charge is 0.224 e. The maximum Gasteiger partial charge on any atom is 0.224 e. The third-order valence-electron chi connectivity index (χ3n) is 2.01. The Morgan fingerprint density at radius 3 is 2.80 bits per heavy atom. The number of nitrogens with zero attached hydrogens (tertiary/aromatic N) is 2. The highest BCUT2D eigenvalue weighted by molar-refractivity contribution is 9.10. The molecular formula is C9H8BrClN4. The zero-order valence-corrected chi connectivity index (χ0v) is 10.2. The summed E-state index contributed by atoms with van der Waals surface area (Å²) in [6, 6.07) is 3.91. The van der Waals surface area contributed by atoms with E-state index >= 15 is 0 Å². The lowest BCUT2D eigenvalue weighted by atomic mass is 10.1. The van der Waals surface area contributed by atoms with Crippen LogP contribution in [0.4, 0.5) is 5.82 Å². The number of rotatable bonds is 1. The third-order valence-corrected chi connectivity index (χ3v) is 2.78. The number of aryl methyl sites for hydroxylation is 1. The zero-order chi connectivity index (χ0) is 11.0. The number of nitrogen functional groups attached to an aromatic ring is 1. The summed E-state index contributed by atoms with van der Waals surface area (Å²) in [6.45, 7) is 1.99. The molecule has 0 saturated carbocycles. The quantitative estimate of drug-likeness (QED) is 0.481. The van der Waals surface area contributed by atoms with Gasteiger partial charge in [0, 0.05) is 9.86 Å². The van der Waals surface area contributed by atoms with Crippen molar-refractivity contribution in [2.24, 2.45) is 5.84 Å². The highest BCUT2D eigenvalue weighted by Crippen LogP contribution is 2.28. The second kappa shape index (κ2) is 3.92. The minimum Gasteiger partial charge on any atom is -0.308 e. The molecule has 3 N–H and O–H groups in total. The average molecular weight is 288 g/mol. The molecule has 78 valence electrons. The van der Waals surface area contributed by atoms with Crippen molar-refractivity contribution >= 4 is 44.3 Å². The van der Waals surface area contributed by atoms with Crippen molar-refractivity contribution in [2.45, 2.75) is 6.92 Å². The van der Waals surface area contributed by atoms with E-state index in [9.17, 15) is 0 Å². The Kier molecular flexibility index (Phi) is 2.77. The Bertz CT molecular complexity index is 529. The van der Waals surface area contributed by atoms with Crippen LogP contribution in [0.1, 0.15) is 5.56 Å². The first-order valence-electron chi connectivity index (χ1n) is 4.22. The van der Waals surface area contributed by atoms with E-state index in [1.807, 2.05) is 19.1 Å². The number of nitrogens with one attached hydrogen (secondary N) is 1. The molecule has 0 aliphatic carbocycles. The molecule has 2 rings (SSSR count). The molecule has 1 heterocycles. The highest BCUT2D eigenvalue weighted by atomic mass is 79.9. The summed E-state index contributed by atoms with van der Waals surface area (Å²) in [5, 5.41) is 1.01. The van der Waals surface area contributed by atoms with Crippen molar-refractivity contribution < 1.29 is 0 Å². The summed E-state index contributed by atoms with van der Waals surface area (Å²) in [4.78, 5) is 8.14. The van der Waals surface area contributed by atoms with Gasteiger partial charge in [-0.05, 0) is 52.2 Å². The summed E-state index contributed by atoms with van der Waals surface area (Å²) in [7, 11) is 0. The molecule has 6 heteroatoms. The van der Waals surface area contributed by atoms with E-state index < -0.39 is 0 Å². The molecule has 0 radical (unpaired) electrons. The van der Waals surface area contributed by atoms with E-state index in [-0.39, 0.29) is 5.28 Å². The Balaban J connectivity index is 2.89. The molecule has 0 aliphatic rings. The standard InChI is InChI=1S/C9H8BrClN4/c1-4-2-5-7(6(10)3-4)13-9(11)14-8(5)15-12/h2-3H,12H2,1H3,(H,13,14,15). The topological polar surface area (TPSA) is 63.8 Å². The van der Waals surface area contributed by atoms with Gasteiger partial charge in [0.2, 0.25) is 5.28 Å². The van der Waals surface area contributed by atoms with Gasteiger partial charge in [-0.2, -0.15) is 4.98 Å². The second-order valence-electron chi connectivity index (χ2n) is 3.13. The first-order chi connectivity index (χ1) is 7.11. The summed E-state index contributed by atoms with van der Waals surface area (Å²) < 4.78 is 0.873. The van der Waals surface area contributed by atoms with Crippen LogP contribution in [0.3, 0.4) is 0 Å². The van der Waals surface area contributed by atoms with Gasteiger partial charge in [-0.3, -0.25) is 0 Å². The number of nitrogens with two attached hydrogens (primary N) is 1. The van der Waals surface area contributed by atoms with Crippen LogP contribution in [0.5, 0.6) is 0 Å². The molecule has 0 spiro atoms. The Hall–Kier alpha value is -0.910. The van der Waals surface area contributed by atoms with Gasteiger partial charge in [-0.25, -0.2) is 10.8 Å². The molecule has 1 aromatic heterocycles. The number of hydrogen-bond donors (Lipinski definition) is 2. The van der Waals surface area contributed by atoms with Crippen LogP contribution in [0.25, 0.3) is 10.9 Å². The predicted octanol–water partition coefficient (Wildman–Crippen LogP) is 2.64. The van der Waals surface area contributed by atoms with Crippen LogP contribution >= 0.6 is 27.5 Å². The number of anilines is 1. The van der Waals surface area contributed by atoms with E-state index in [2.05, 4.69) is 31.3 Å². The Morgan fingerprint density at radius 2 is 2.13 bits per heavy atom. The Morgan fingerprint density at radius 1 is 1.40 bits per heavy atom. The van der Waals surface area contributed by atoms with Crippen LogP contribution in [0.15, 0.2) is 16.6 Å². The molecule has 1 aromatic carbocycles. The van der Waals surface area contributed by atoms with Crippen LogP contribution in [-0.2, 0) is 0 Å². The number of benzene rings is 1. The molecule has 0 bridgehead atoms. The van der Waals surface area contributed by atoms with Gasteiger partial charge in [0.15, 0.2) is 5.82 Å². The number of hydrogen-bond acceptors (Lipinski definition) is 4. The van der Waals surface area contributed by atoms with Crippen molar-refractivity contribution in [3.8, 4) is 0 Å².